The highest BCUT2D eigenvalue weighted by atomic mass is 35.5. The Morgan fingerprint density at radius 1 is 1.40 bits per heavy atom. The van der Waals surface area contributed by atoms with E-state index in [-0.39, 0.29) is 29.5 Å². The summed E-state index contributed by atoms with van der Waals surface area (Å²) >= 11 is 7.31. The summed E-state index contributed by atoms with van der Waals surface area (Å²) in [6, 6.07) is -0.196. The Bertz CT molecular complexity index is 944. The van der Waals surface area contributed by atoms with E-state index < -0.39 is 5.97 Å². The third-order valence-electron chi connectivity index (χ3n) is 5.18. The van der Waals surface area contributed by atoms with Crippen molar-refractivity contribution in [2.24, 2.45) is 0 Å². The van der Waals surface area contributed by atoms with Gasteiger partial charge in [-0.05, 0) is 25.8 Å². The molecule has 2 aromatic rings. The number of aromatic nitrogens is 2. The number of rotatable bonds is 7. The van der Waals surface area contributed by atoms with E-state index in [0.717, 1.165) is 17.0 Å². The molecule has 3 heterocycles. The van der Waals surface area contributed by atoms with Gasteiger partial charge in [0.1, 0.15) is 10.6 Å². The van der Waals surface area contributed by atoms with Crippen LogP contribution in [0.1, 0.15) is 43.5 Å². The number of thiazole rings is 1. The summed E-state index contributed by atoms with van der Waals surface area (Å²) in [5, 5.41) is 13.6. The maximum Gasteiger partial charge on any atom is 0.347 e. The lowest BCUT2D eigenvalue weighted by Gasteiger charge is -2.37. The summed E-state index contributed by atoms with van der Waals surface area (Å²) in [5.41, 5.74) is 2.32. The first-order chi connectivity index (χ1) is 14.3. The fourth-order valence-electron chi connectivity index (χ4n) is 3.57. The second-order valence-electron chi connectivity index (χ2n) is 7.16. The van der Waals surface area contributed by atoms with Gasteiger partial charge in [-0.15, -0.1) is 0 Å². The maximum atomic E-state index is 12.7. The fourth-order valence-corrected chi connectivity index (χ4v) is 4.65. The molecule has 0 radical (unpaired) electrons. The van der Waals surface area contributed by atoms with Crippen molar-refractivity contribution in [3.8, 4) is 0 Å². The number of ether oxygens (including phenoxy) is 2. The molecule has 1 fully saturated rings. The van der Waals surface area contributed by atoms with Gasteiger partial charge >= 0.3 is 5.97 Å². The number of methoxy groups -OCH3 is 2. The molecular formula is C19H25ClN4O5S. The fraction of sp³-hybridized carbons (Fsp3) is 0.526. The molecule has 9 nitrogen and oxygen atoms in total. The number of hydrogen-bond acceptors (Lipinski definition) is 7. The SMILES string of the molecule is COCc1nc(N2CC[C@H](NC(=O)c3[nH]c(C)c(Cl)c3C)[C@H](OC)C2)sc1C(=O)O. The lowest BCUT2D eigenvalue weighted by Crippen LogP contribution is -2.55. The Labute approximate surface area is 183 Å². The zero-order valence-corrected chi connectivity index (χ0v) is 18.8. The van der Waals surface area contributed by atoms with Crippen LogP contribution in [0.2, 0.25) is 5.02 Å². The molecule has 164 valence electrons. The van der Waals surface area contributed by atoms with Gasteiger partial charge < -0.3 is 29.8 Å². The lowest BCUT2D eigenvalue weighted by molar-refractivity contribution is 0.0540. The van der Waals surface area contributed by atoms with E-state index >= 15 is 0 Å². The highest BCUT2D eigenvalue weighted by Crippen LogP contribution is 2.30. The van der Waals surface area contributed by atoms with E-state index in [4.69, 9.17) is 21.1 Å². The Hall–Kier alpha value is -2.14. The van der Waals surface area contributed by atoms with Crippen LogP contribution in [0.4, 0.5) is 5.13 Å². The van der Waals surface area contributed by atoms with Gasteiger partial charge in [-0.1, -0.05) is 22.9 Å². The number of anilines is 1. The molecule has 2 atom stereocenters. The summed E-state index contributed by atoms with van der Waals surface area (Å²) in [5.74, 6) is -1.25. The van der Waals surface area contributed by atoms with Crippen LogP contribution in [-0.2, 0) is 16.1 Å². The Morgan fingerprint density at radius 3 is 2.70 bits per heavy atom. The molecule has 11 heteroatoms. The van der Waals surface area contributed by atoms with E-state index in [2.05, 4.69) is 15.3 Å². The molecule has 1 aliphatic rings. The molecule has 0 saturated carbocycles. The number of halogens is 1. The number of aromatic carboxylic acids is 1. The summed E-state index contributed by atoms with van der Waals surface area (Å²) in [4.78, 5) is 33.9. The number of carboxylic acids is 1. The molecular weight excluding hydrogens is 432 g/mol. The maximum absolute atomic E-state index is 12.7. The number of aromatic amines is 1. The number of nitrogens with zero attached hydrogens (tertiary/aromatic N) is 2. The van der Waals surface area contributed by atoms with Crippen molar-refractivity contribution in [3.05, 3.63) is 32.5 Å². The van der Waals surface area contributed by atoms with E-state index in [1.54, 1.807) is 14.0 Å². The molecule has 1 aliphatic heterocycles. The van der Waals surface area contributed by atoms with Crippen molar-refractivity contribution in [2.45, 2.75) is 39.0 Å². The second kappa shape index (κ2) is 9.34. The van der Waals surface area contributed by atoms with Crippen LogP contribution in [-0.4, -0.2) is 66.4 Å². The third-order valence-corrected chi connectivity index (χ3v) is 6.90. The first kappa shape index (κ1) is 22.5. The van der Waals surface area contributed by atoms with Gasteiger partial charge in [0.05, 0.1) is 29.5 Å². The van der Waals surface area contributed by atoms with Gasteiger partial charge in [-0.3, -0.25) is 4.79 Å². The average Bonchev–Trinajstić information content (AvgIpc) is 3.25. The average molecular weight is 457 g/mol. The molecule has 0 spiro atoms. The quantitative estimate of drug-likeness (QED) is 0.586. The molecule has 0 bridgehead atoms. The van der Waals surface area contributed by atoms with Gasteiger partial charge in [0, 0.05) is 33.0 Å². The van der Waals surface area contributed by atoms with Gasteiger partial charge in [0.25, 0.3) is 5.91 Å². The number of H-pyrrole nitrogens is 1. The topological polar surface area (TPSA) is 117 Å². The Morgan fingerprint density at radius 2 is 2.13 bits per heavy atom. The highest BCUT2D eigenvalue weighted by molar-refractivity contribution is 7.17. The summed E-state index contributed by atoms with van der Waals surface area (Å²) in [7, 11) is 3.09. The van der Waals surface area contributed by atoms with Gasteiger partial charge in [0.2, 0.25) is 0 Å². The molecule has 30 heavy (non-hydrogen) atoms. The summed E-state index contributed by atoms with van der Waals surface area (Å²) in [6.45, 7) is 4.84. The van der Waals surface area contributed by atoms with Crippen molar-refractivity contribution in [3.63, 3.8) is 0 Å². The molecule has 0 aromatic carbocycles. The van der Waals surface area contributed by atoms with Gasteiger partial charge in [-0.2, -0.15) is 0 Å². The van der Waals surface area contributed by atoms with E-state index in [9.17, 15) is 14.7 Å². The van der Waals surface area contributed by atoms with Crippen LogP contribution in [0.3, 0.4) is 0 Å². The van der Waals surface area contributed by atoms with Crippen LogP contribution in [0.5, 0.6) is 0 Å². The molecule has 0 unspecified atom stereocenters. The second-order valence-corrected chi connectivity index (χ2v) is 8.52. The summed E-state index contributed by atoms with van der Waals surface area (Å²) < 4.78 is 10.7. The zero-order valence-electron chi connectivity index (χ0n) is 17.2. The number of carboxylic acid groups (broad SMARTS) is 1. The standard InChI is InChI=1S/C19H25ClN4O5S/c1-9-14(20)10(2)21-15(9)17(25)22-11-5-6-24(7-13(11)29-4)19-23-12(8-28-3)16(30-19)18(26)27/h11,13,21H,5-8H2,1-4H3,(H,22,25)(H,26,27)/t11-,13+/m0/s1. The predicted octanol–water partition coefficient (Wildman–Crippen LogP) is 2.61. The molecule has 3 N–H and O–H groups in total. The van der Waals surface area contributed by atoms with Crippen LogP contribution >= 0.6 is 22.9 Å². The number of aryl methyl sites for hydroxylation is 1. The molecule has 2 aromatic heterocycles. The molecule has 0 aliphatic carbocycles. The van der Waals surface area contributed by atoms with Crippen LogP contribution < -0.4 is 10.2 Å². The number of carbonyl (C=O) groups is 2. The van der Waals surface area contributed by atoms with Crippen LogP contribution in [0, 0.1) is 13.8 Å². The molecule has 3 rings (SSSR count). The van der Waals surface area contributed by atoms with E-state index in [1.165, 1.54) is 7.11 Å². The Kier molecular flexibility index (Phi) is 7.02. The van der Waals surface area contributed by atoms with Crippen molar-refractivity contribution < 1.29 is 24.2 Å². The predicted molar refractivity (Wildman–Crippen MR) is 114 cm³/mol. The van der Waals surface area contributed by atoms with Crippen molar-refractivity contribution in [1.29, 1.82) is 0 Å². The normalized spacial score (nSPS) is 19.2. The number of carbonyl (C=O) groups excluding carboxylic acids is 1. The van der Waals surface area contributed by atoms with Crippen LogP contribution in [0.25, 0.3) is 0 Å². The van der Waals surface area contributed by atoms with E-state index in [0.29, 0.717) is 46.6 Å². The largest absolute Gasteiger partial charge is 0.477 e. The van der Waals surface area contributed by atoms with Crippen LogP contribution in [0.15, 0.2) is 0 Å². The number of nitrogens with one attached hydrogen (secondary N) is 2. The first-order valence-corrected chi connectivity index (χ1v) is 10.6. The van der Waals surface area contributed by atoms with Crippen molar-refractivity contribution >= 4 is 39.9 Å². The van der Waals surface area contributed by atoms with Crippen molar-refractivity contribution in [1.82, 2.24) is 15.3 Å². The smallest absolute Gasteiger partial charge is 0.347 e. The third kappa shape index (κ3) is 4.46. The monoisotopic (exact) mass is 456 g/mol. The highest BCUT2D eigenvalue weighted by Gasteiger charge is 2.33. The number of hydrogen-bond donors (Lipinski definition) is 3. The number of amides is 1. The molecule has 1 amide bonds. The minimum absolute atomic E-state index is 0.135. The van der Waals surface area contributed by atoms with E-state index in [1.807, 2.05) is 11.8 Å². The minimum Gasteiger partial charge on any atom is -0.477 e. The Balaban J connectivity index is 1.72. The number of piperidine rings is 1. The lowest BCUT2D eigenvalue weighted by atomic mass is 10.0. The first-order valence-electron chi connectivity index (χ1n) is 9.42. The van der Waals surface area contributed by atoms with Gasteiger partial charge in [-0.25, -0.2) is 9.78 Å². The molecule has 1 saturated heterocycles. The zero-order chi connectivity index (χ0) is 22.0. The summed E-state index contributed by atoms with van der Waals surface area (Å²) in [6.07, 6.45) is 0.343. The minimum atomic E-state index is -1.02. The van der Waals surface area contributed by atoms with Crippen molar-refractivity contribution in [2.75, 3.05) is 32.2 Å². The van der Waals surface area contributed by atoms with Gasteiger partial charge in [0.15, 0.2) is 5.13 Å².